The average Bonchev–Trinajstić information content (AvgIpc) is 3.19. The van der Waals surface area contributed by atoms with Crippen molar-refractivity contribution in [1.29, 1.82) is 0 Å². The van der Waals surface area contributed by atoms with Crippen LogP contribution in [0.2, 0.25) is 0 Å². The van der Waals surface area contributed by atoms with Gasteiger partial charge in [0.25, 0.3) is 0 Å². The summed E-state index contributed by atoms with van der Waals surface area (Å²) in [6, 6.07) is 0. The van der Waals surface area contributed by atoms with Crippen molar-refractivity contribution >= 4 is 15.8 Å². The largest absolute Gasteiger partial charge is 0.356 e. The van der Waals surface area contributed by atoms with Gasteiger partial charge in [0.05, 0.1) is 11.5 Å². The zero-order chi connectivity index (χ0) is 13.7. The summed E-state index contributed by atoms with van der Waals surface area (Å²) in [5.74, 6) is 2.26. The van der Waals surface area contributed by atoms with Gasteiger partial charge in [-0.2, -0.15) is 0 Å². The van der Waals surface area contributed by atoms with Crippen molar-refractivity contribution in [3.63, 3.8) is 0 Å². The second-order valence-corrected chi connectivity index (χ2v) is 7.62. The number of nitrogens with one attached hydrogen (secondary N) is 2. The molecule has 6 nitrogen and oxygen atoms in total. The Balaban J connectivity index is 1.59. The van der Waals surface area contributed by atoms with Crippen LogP contribution in [0.15, 0.2) is 4.99 Å². The molecule has 0 unspecified atom stereocenters. The summed E-state index contributed by atoms with van der Waals surface area (Å²) >= 11 is 0. The molecule has 1 aliphatic heterocycles. The Bertz CT molecular complexity index is 403. The fraction of sp³-hybridized carbons (Fsp3) is 0.917. The minimum absolute atomic E-state index is 0.293. The Hall–Kier alpha value is -0.820. The van der Waals surface area contributed by atoms with Crippen LogP contribution in [0.5, 0.6) is 0 Å². The maximum absolute atomic E-state index is 11.3. The fourth-order valence-corrected chi connectivity index (χ4v) is 3.37. The molecule has 0 bridgehead atoms. The summed E-state index contributed by atoms with van der Waals surface area (Å²) in [5.41, 5.74) is 0. The molecule has 1 heterocycles. The number of sulfone groups is 1. The first kappa shape index (κ1) is 14.6. The van der Waals surface area contributed by atoms with Crippen LogP contribution >= 0.6 is 0 Å². The maximum atomic E-state index is 11.3. The first-order valence-corrected chi connectivity index (χ1v) is 8.78. The smallest absolute Gasteiger partial charge is 0.191 e. The molecule has 0 atom stereocenters. The Morgan fingerprint density at radius 1 is 1.26 bits per heavy atom. The quantitative estimate of drug-likeness (QED) is 0.516. The van der Waals surface area contributed by atoms with E-state index in [1.807, 2.05) is 0 Å². The Labute approximate surface area is 115 Å². The number of hydrogen-bond acceptors (Lipinski definition) is 4. The van der Waals surface area contributed by atoms with Crippen molar-refractivity contribution in [3.8, 4) is 0 Å². The molecule has 1 saturated heterocycles. The summed E-state index contributed by atoms with van der Waals surface area (Å²) in [4.78, 5) is 6.36. The van der Waals surface area contributed by atoms with Crippen molar-refractivity contribution in [3.05, 3.63) is 0 Å². The van der Waals surface area contributed by atoms with E-state index in [4.69, 9.17) is 0 Å². The molecule has 0 aromatic rings. The predicted molar refractivity (Wildman–Crippen MR) is 77.2 cm³/mol. The van der Waals surface area contributed by atoms with Gasteiger partial charge in [-0.25, -0.2) is 8.42 Å². The van der Waals surface area contributed by atoms with Gasteiger partial charge >= 0.3 is 0 Å². The van der Waals surface area contributed by atoms with E-state index in [2.05, 4.69) is 20.5 Å². The molecular formula is C12H24N4O2S. The van der Waals surface area contributed by atoms with Gasteiger partial charge in [-0.15, -0.1) is 0 Å². The van der Waals surface area contributed by atoms with E-state index < -0.39 is 9.84 Å². The predicted octanol–water partition coefficient (Wildman–Crippen LogP) is -0.708. The molecule has 1 saturated carbocycles. The molecule has 0 radical (unpaired) electrons. The summed E-state index contributed by atoms with van der Waals surface area (Å²) < 4.78 is 22.6. The van der Waals surface area contributed by atoms with Crippen molar-refractivity contribution in [2.24, 2.45) is 10.9 Å². The lowest BCUT2D eigenvalue weighted by Gasteiger charge is -2.26. The van der Waals surface area contributed by atoms with Gasteiger partial charge in [0, 0.05) is 39.8 Å². The van der Waals surface area contributed by atoms with Gasteiger partial charge in [-0.05, 0) is 18.8 Å². The highest BCUT2D eigenvalue weighted by Crippen LogP contribution is 2.27. The molecule has 2 aliphatic rings. The van der Waals surface area contributed by atoms with Crippen molar-refractivity contribution in [1.82, 2.24) is 15.5 Å². The van der Waals surface area contributed by atoms with Gasteiger partial charge in [0.15, 0.2) is 15.8 Å². The summed E-state index contributed by atoms with van der Waals surface area (Å²) in [5, 5.41) is 6.58. The van der Waals surface area contributed by atoms with Crippen LogP contribution in [0.25, 0.3) is 0 Å². The first-order chi connectivity index (χ1) is 9.09. The molecule has 110 valence electrons. The molecule has 2 rings (SSSR count). The van der Waals surface area contributed by atoms with Crippen molar-refractivity contribution in [2.45, 2.75) is 12.8 Å². The standard InChI is InChI=1S/C12H24N4O2S/c1-13-12(15-10-11-2-3-11)14-4-5-16-6-8-19(17,18)9-7-16/h11H,2-10H2,1H3,(H2,13,14,15). The third-order valence-electron chi connectivity index (χ3n) is 3.64. The van der Waals surface area contributed by atoms with E-state index in [0.29, 0.717) is 24.6 Å². The molecule has 7 heteroatoms. The number of guanidine groups is 1. The molecule has 0 spiro atoms. The number of nitrogens with zero attached hydrogens (tertiary/aromatic N) is 2. The lowest BCUT2D eigenvalue weighted by atomic mass is 10.4. The highest BCUT2D eigenvalue weighted by atomic mass is 32.2. The summed E-state index contributed by atoms with van der Waals surface area (Å²) in [6.45, 7) is 3.96. The van der Waals surface area contributed by atoms with Crippen LogP contribution in [-0.2, 0) is 9.84 Å². The average molecular weight is 288 g/mol. The Kier molecular flexibility index (Phi) is 5.04. The molecule has 2 fully saturated rings. The van der Waals surface area contributed by atoms with E-state index in [9.17, 15) is 8.42 Å². The lowest BCUT2D eigenvalue weighted by molar-refractivity contribution is 0.299. The van der Waals surface area contributed by atoms with Gasteiger partial charge < -0.3 is 10.6 Å². The molecule has 0 amide bonds. The maximum Gasteiger partial charge on any atom is 0.191 e. The molecular weight excluding hydrogens is 264 g/mol. The van der Waals surface area contributed by atoms with Crippen LogP contribution in [-0.4, -0.2) is 70.6 Å². The van der Waals surface area contributed by atoms with E-state index in [-0.39, 0.29) is 0 Å². The van der Waals surface area contributed by atoms with Crippen LogP contribution in [0.1, 0.15) is 12.8 Å². The third kappa shape index (κ3) is 5.36. The fourth-order valence-electron chi connectivity index (χ4n) is 2.09. The second-order valence-electron chi connectivity index (χ2n) is 5.32. The molecule has 1 aliphatic carbocycles. The molecule has 2 N–H and O–H groups in total. The van der Waals surface area contributed by atoms with E-state index >= 15 is 0 Å². The highest BCUT2D eigenvalue weighted by molar-refractivity contribution is 7.91. The summed E-state index contributed by atoms with van der Waals surface area (Å²) in [6.07, 6.45) is 2.65. The number of rotatable bonds is 5. The van der Waals surface area contributed by atoms with E-state index in [1.165, 1.54) is 12.8 Å². The van der Waals surface area contributed by atoms with Crippen LogP contribution in [0.4, 0.5) is 0 Å². The van der Waals surface area contributed by atoms with Crippen molar-refractivity contribution < 1.29 is 8.42 Å². The Morgan fingerprint density at radius 3 is 2.53 bits per heavy atom. The SMILES string of the molecule is CN=C(NCCN1CCS(=O)(=O)CC1)NCC1CC1. The van der Waals surface area contributed by atoms with E-state index in [0.717, 1.165) is 31.5 Å². The van der Waals surface area contributed by atoms with Crippen LogP contribution in [0, 0.1) is 5.92 Å². The van der Waals surface area contributed by atoms with Crippen molar-refractivity contribution in [2.75, 3.05) is 51.3 Å². The van der Waals surface area contributed by atoms with Gasteiger partial charge in [-0.3, -0.25) is 9.89 Å². The Morgan fingerprint density at radius 2 is 1.95 bits per heavy atom. The summed E-state index contributed by atoms with van der Waals surface area (Å²) in [7, 11) is -0.998. The van der Waals surface area contributed by atoms with Crippen LogP contribution in [0.3, 0.4) is 0 Å². The topological polar surface area (TPSA) is 73.8 Å². The monoisotopic (exact) mass is 288 g/mol. The van der Waals surface area contributed by atoms with Crippen LogP contribution < -0.4 is 10.6 Å². The number of aliphatic imine (C=N–C) groups is 1. The zero-order valence-electron chi connectivity index (χ0n) is 11.6. The minimum Gasteiger partial charge on any atom is -0.356 e. The lowest BCUT2D eigenvalue weighted by Crippen LogP contribution is -2.46. The molecule has 19 heavy (non-hydrogen) atoms. The van der Waals surface area contributed by atoms with Gasteiger partial charge in [0.1, 0.15) is 0 Å². The first-order valence-electron chi connectivity index (χ1n) is 6.96. The second kappa shape index (κ2) is 6.56. The van der Waals surface area contributed by atoms with Gasteiger partial charge in [-0.1, -0.05) is 0 Å². The highest BCUT2D eigenvalue weighted by Gasteiger charge is 2.22. The molecule has 0 aromatic carbocycles. The zero-order valence-corrected chi connectivity index (χ0v) is 12.4. The molecule has 0 aromatic heterocycles. The van der Waals surface area contributed by atoms with E-state index in [1.54, 1.807) is 7.05 Å². The third-order valence-corrected chi connectivity index (χ3v) is 5.25. The normalized spacial score (nSPS) is 24.2. The minimum atomic E-state index is -2.77. The number of hydrogen-bond donors (Lipinski definition) is 2. The van der Waals surface area contributed by atoms with Gasteiger partial charge in [0.2, 0.25) is 0 Å².